The molecule has 0 aliphatic heterocycles. The van der Waals surface area contributed by atoms with Crippen molar-refractivity contribution in [2.24, 2.45) is 4.99 Å². The van der Waals surface area contributed by atoms with E-state index in [9.17, 15) is 13.2 Å². The Hall–Kier alpha value is -2.58. The zero-order chi connectivity index (χ0) is 21.8. The Kier molecular flexibility index (Phi) is 9.63. The summed E-state index contributed by atoms with van der Waals surface area (Å²) in [6, 6.07) is 15.3. The van der Waals surface area contributed by atoms with Gasteiger partial charge in [0.05, 0.1) is 19.8 Å². The molecule has 0 heterocycles. The van der Waals surface area contributed by atoms with Crippen LogP contribution in [0.2, 0.25) is 0 Å². The van der Waals surface area contributed by atoms with Gasteiger partial charge < -0.3 is 20.1 Å². The fraction of sp³-hybridized carbons (Fsp3) is 0.409. The zero-order valence-corrected chi connectivity index (χ0v) is 17.3. The molecule has 0 radical (unpaired) electrons. The standard InChI is InChI=1S/C22H28F3N3O2/c1-3-26-21(27-12-17-4-8-19(9-5-17)14-29-2)28-13-18-6-10-20(11-7-18)15-30-16-22(23,24)25/h4-11H,3,12-16H2,1-2H3,(H2,26,27,28). The molecule has 0 aliphatic rings. The number of nitrogens with one attached hydrogen (secondary N) is 2. The van der Waals surface area contributed by atoms with E-state index in [1.165, 1.54) is 0 Å². The largest absolute Gasteiger partial charge is 0.411 e. The van der Waals surface area contributed by atoms with Crippen LogP contribution in [0.3, 0.4) is 0 Å². The molecule has 0 bridgehead atoms. The van der Waals surface area contributed by atoms with Gasteiger partial charge in [0.25, 0.3) is 0 Å². The highest BCUT2D eigenvalue weighted by Crippen LogP contribution is 2.16. The number of hydrogen-bond donors (Lipinski definition) is 2. The molecule has 164 valence electrons. The highest BCUT2D eigenvalue weighted by molar-refractivity contribution is 5.79. The third kappa shape index (κ3) is 9.28. The molecule has 2 aromatic carbocycles. The topological polar surface area (TPSA) is 54.9 Å². The number of ether oxygens (including phenoxy) is 2. The first-order chi connectivity index (χ1) is 14.4. The number of nitrogens with zero attached hydrogens (tertiary/aromatic N) is 1. The van der Waals surface area contributed by atoms with Gasteiger partial charge in [-0.3, -0.25) is 0 Å². The van der Waals surface area contributed by atoms with Gasteiger partial charge in [-0.25, -0.2) is 4.99 Å². The first-order valence-corrected chi connectivity index (χ1v) is 9.71. The number of hydrogen-bond acceptors (Lipinski definition) is 3. The molecule has 0 spiro atoms. The molecule has 0 saturated heterocycles. The Morgan fingerprint density at radius 1 is 0.867 bits per heavy atom. The van der Waals surface area contributed by atoms with Gasteiger partial charge in [0.1, 0.15) is 6.61 Å². The summed E-state index contributed by atoms with van der Waals surface area (Å²) in [4.78, 5) is 4.56. The summed E-state index contributed by atoms with van der Waals surface area (Å²) >= 11 is 0. The van der Waals surface area contributed by atoms with Crippen LogP contribution in [-0.2, 0) is 35.8 Å². The van der Waals surface area contributed by atoms with E-state index >= 15 is 0 Å². The van der Waals surface area contributed by atoms with Gasteiger partial charge in [0.15, 0.2) is 5.96 Å². The van der Waals surface area contributed by atoms with Crippen LogP contribution in [0.4, 0.5) is 13.2 Å². The van der Waals surface area contributed by atoms with E-state index in [1.54, 1.807) is 19.2 Å². The Bertz CT molecular complexity index is 776. The highest BCUT2D eigenvalue weighted by atomic mass is 19.4. The fourth-order valence-electron chi connectivity index (χ4n) is 2.64. The summed E-state index contributed by atoms with van der Waals surface area (Å²) < 4.78 is 46.2. The first-order valence-electron chi connectivity index (χ1n) is 9.71. The van der Waals surface area contributed by atoms with Gasteiger partial charge >= 0.3 is 6.18 Å². The summed E-state index contributed by atoms with van der Waals surface area (Å²) in [7, 11) is 1.67. The van der Waals surface area contributed by atoms with Crippen LogP contribution in [-0.4, -0.2) is 32.4 Å². The second-order valence-electron chi connectivity index (χ2n) is 6.72. The van der Waals surface area contributed by atoms with Crippen LogP contribution < -0.4 is 10.6 Å². The SMILES string of the molecule is CCNC(=NCc1ccc(COCC(F)(F)F)cc1)NCc1ccc(COC)cc1. The quantitative estimate of drug-likeness (QED) is 0.445. The molecular weight excluding hydrogens is 395 g/mol. The summed E-state index contributed by atoms with van der Waals surface area (Å²) in [5.74, 6) is 0.691. The van der Waals surface area contributed by atoms with Crippen molar-refractivity contribution in [3.05, 3.63) is 70.8 Å². The van der Waals surface area contributed by atoms with Crippen molar-refractivity contribution in [2.45, 2.75) is 39.4 Å². The van der Waals surface area contributed by atoms with Crippen LogP contribution in [0.5, 0.6) is 0 Å². The van der Waals surface area contributed by atoms with E-state index in [-0.39, 0.29) is 6.61 Å². The zero-order valence-electron chi connectivity index (χ0n) is 17.3. The number of halogens is 3. The van der Waals surface area contributed by atoms with Gasteiger partial charge in [0.2, 0.25) is 0 Å². The number of methoxy groups -OCH3 is 1. The summed E-state index contributed by atoms with van der Waals surface area (Å²) in [6.45, 7) is 3.08. The maximum absolute atomic E-state index is 12.1. The maximum Gasteiger partial charge on any atom is 0.411 e. The lowest BCUT2D eigenvalue weighted by Gasteiger charge is -2.12. The molecule has 5 nitrogen and oxygen atoms in total. The second kappa shape index (κ2) is 12.2. The number of rotatable bonds is 10. The van der Waals surface area contributed by atoms with Crippen LogP contribution in [0.1, 0.15) is 29.2 Å². The van der Waals surface area contributed by atoms with Crippen LogP contribution in [0, 0.1) is 0 Å². The summed E-state index contributed by atoms with van der Waals surface area (Å²) in [5.41, 5.74) is 3.89. The number of aliphatic imine (C=N–C) groups is 1. The molecular formula is C22H28F3N3O2. The van der Waals surface area contributed by atoms with Crippen LogP contribution in [0.15, 0.2) is 53.5 Å². The predicted octanol–water partition coefficient (Wildman–Crippen LogP) is 4.17. The Balaban J connectivity index is 1.85. The van der Waals surface area contributed by atoms with Crippen molar-refractivity contribution in [2.75, 3.05) is 20.3 Å². The van der Waals surface area contributed by atoms with E-state index in [2.05, 4.69) is 20.4 Å². The minimum Gasteiger partial charge on any atom is -0.380 e. The van der Waals surface area contributed by atoms with Crippen molar-refractivity contribution in [1.29, 1.82) is 0 Å². The van der Waals surface area contributed by atoms with Crippen molar-refractivity contribution < 1.29 is 22.6 Å². The van der Waals surface area contributed by atoms with E-state index in [0.29, 0.717) is 31.2 Å². The number of guanidine groups is 1. The van der Waals surface area contributed by atoms with Gasteiger partial charge in [-0.05, 0) is 29.2 Å². The minimum absolute atomic E-state index is 0.0730. The molecule has 0 unspecified atom stereocenters. The molecule has 0 atom stereocenters. The smallest absolute Gasteiger partial charge is 0.380 e. The number of benzene rings is 2. The molecule has 2 N–H and O–H groups in total. The van der Waals surface area contributed by atoms with Crippen molar-refractivity contribution in [3.8, 4) is 0 Å². The molecule has 2 rings (SSSR count). The van der Waals surface area contributed by atoms with Crippen molar-refractivity contribution >= 4 is 5.96 Å². The maximum atomic E-state index is 12.1. The molecule has 8 heteroatoms. The van der Waals surface area contributed by atoms with E-state index in [1.807, 2.05) is 43.3 Å². The van der Waals surface area contributed by atoms with Crippen LogP contribution in [0.25, 0.3) is 0 Å². The summed E-state index contributed by atoms with van der Waals surface area (Å²) in [5, 5.41) is 6.49. The lowest BCUT2D eigenvalue weighted by Crippen LogP contribution is -2.36. The Labute approximate surface area is 175 Å². The van der Waals surface area contributed by atoms with Crippen molar-refractivity contribution in [1.82, 2.24) is 10.6 Å². The monoisotopic (exact) mass is 423 g/mol. The molecule has 30 heavy (non-hydrogen) atoms. The van der Waals surface area contributed by atoms with E-state index in [0.717, 1.165) is 23.2 Å². The molecule has 0 saturated carbocycles. The Morgan fingerprint density at radius 2 is 1.43 bits per heavy atom. The molecule has 0 fully saturated rings. The number of alkyl halides is 3. The summed E-state index contributed by atoms with van der Waals surface area (Å²) in [6.07, 6.45) is -4.31. The van der Waals surface area contributed by atoms with Crippen molar-refractivity contribution in [3.63, 3.8) is 0 Å². The predicted molar refractivity (Wildman–Crippen MR) is 111 cm³/mol. The van der Waals surface area contributed by atoms with E-state index in [4.69, 9.17) is 4.74 Å². The average Bonchev–Trinajstić information content (AvgIpc) is 2.71. The second-order valence-corrected chi connectivity index (χ2v) is 6.72. The normalized spacial score (nSPS) is 12.1. The molecule has 0 amide bonds. The first kappa shape index (κ1) is 23.7. The molecule has 0 aromatic heterocycles. The third-order valence-electron chi connectivity index (χ3n) is 4.12. The van der Waals surface area contributed by atoms with E-state index < -0.39 is 12.8 Å². The lowest BCUT2D eigenvalue weighted by atomic mass is 10.1. The molecule has 0 aliphatic carbocycles. The lowest BCUT2D eigenvalue weighted by molar-refractivity contribution is -0.176. The fourth-order valence-corrected chi connectivity index (χ4v) is 2.64. The highest BCUT2D eigenvalue weighted by Gasteiger charge is 2.27. The molecule has 2 aromatic rings. The Morgan fingerprint density at radius 3 is 2.00 bits per heavy atom. The van der Waals surface area contributed by atoms with Gasteiger partial charge in [-0.1, -0.05) is 48.5 Å². The van der Waals surface area contributed by atoms with Crippen LogP contribution >= 0.6 is 0 Å². The van der Waals surface area contributed by atoms with Gasteiger partial charge in [-0.15, -0.1) is 0 Å². The van der Waals surface area contributed by atoms with Gasteiger partial charge in [0, 0.05) is 20.2 Å². The minimum atomic E-state index is -4.31. The third-order valence-corrected chi connectivity index (χ3v) is 4.12. The average molecular weight is 423 g/mol. The van der Waals surface area contributed by atoms with Gasteiger partial charge in [-0.2, -0.15) is 13.2 Å².